The molecule has 142 valence electrons. The Bertz CT molecular complexity index is 996. The average Bonchev–Trinajstić information content (AvgIpc) is 3.42. The Morgan fingerprint density at radius 3 is 2.61 bits per heavy atom. The molecule has 1 saturated heterocycles. The fourth-order valence-electron chi connectivity index (χ4n) is 4.39. The lowest BCUT2D eigenvalue weighted by atomic mass is 9.99. The van der Waals surface area contributed by atoms with Gasteiger partial charge in [-0.15, -0.1) is 0 Å². The largest absolute Gasteiger partial charge is 0.337 e. The summed E-state index contributed by atoms with van der Waals surface area (Å²) in [5, 5.41) is 1.17. The van der Waals surface area contributed by atoms with E-state index in [-0.39, 0.29) is 12.1 Å². The maximum atomic E-state index is 5.15. The second-order valence-electron chi connectivity index (χ2n) is 7.41. The Morgan fingerprint density at radius 2 is 1.86 bits per heavy atom. The predicted molar refractivity (Wildman–Crippen MR) is 116 cm³/mol. The van der Waals surface area contributed by atoms with Gasteiger partial charge in [0.1, 0.15) is 12.1 Å². The summed E-state index contributed by atoms with van der Waals surface area (Å²) in [6.07, 6.45) is 3.00. The molecule has 0 amide bonds. The molecule has 4 heterocycles. The van der Waals surface area contributed by atoms with Gasteiger partial charge in [-0.25, -0.2) is 0 Å². The number of para-hydroxylation sites is 1. The van der Waals surface area contributed by atoms with Crippen LogP contribution in [0.15, 0.2) is 71.9 Å². The Balaban J connectivity index is 1.66. The maximum Gasteiger partial charge on any atom is 0.160 e. The van der Waals surface area contributed by atoms with E-state index in [4.69, 9.17) is 4.99 Å². The van der Waals surface area contributed by atoms with Gasteiger partial charge in [-0.1, -0.05) is 43.0 Å². The summed E-state index contributed by atoms with van der Waals surface area (Å²) < 4.78 is 2.38. The van der Waals surface area contributed by atoms with Crippen molar-refractivity contribution in [2.24, 2.45) is 4.99 Å². The Hall–Kier alpha value is -2.53. The molecule has 0 saturated carbocycles. The highest BCUT2D eigenvalue weighted by atomic mass is 32.2. The molecular formula is C23H24N4S. The number of hydrogen-bond donors (Lipinski definition) is 0. The summed E-state index contributed by atoms with van der Waals surface area (Å²) >= 11 is 1.89. The smallest absolute Gasteiger partial charge is 0.160 e. The van der Waals surface area contributed by atoms with Crippen molar-refractivity contribution in [3.63, 3.8) is 0 Å². The van der Waals surface area contributed by atoms with Crippen LogP contribution < -0.4 is 0 Å². The molecule has 3 aromatic rings. The van der Waals surface area contributed by atoms with Gasteiger partial charge in [-0.05, 0) is 49.7 Å². The molecule has 2 aliphatic heterocycles. The number of hydrogen-bond acceptors (Lipinski definition) is 4. The Kier molecular flexibility index (Phi) is 4.47. The molecule has 0 unspecified atom stereocenters. The van der Waals surface area contributed by atoms with Crippen molar-refractivity contribution >= 4 is 16.9 Å². The third kappa shape index (κ3) is 2.76. The number of rotatable bonds is 4. The summed E-state index contributed by atoms with van der Waals surface area (Å²) in [5.74, 6) is 1.12. The predicted octanol–water partition coefficient (Wildman–Crippen LogP) is 5.16. The fraction of sp³-hybridized carbons (Fsp3) is 0.304. The second kappa shape index (κ2) is 7.13. The molecule has 1 fully saturated rings. The molecule has 4 nitrogen and oxygen atoms in total. The van der Waals surface area contributed by atoms with Gasteiger partial charge in [0.25, 0.3) is 0 Å². The van der Waals surface area contributed by atoms with E-state index in [1.54, 1.807) is 0 Å². The van der Waals surface area contributed by atoms with E-state index in [9.17, 15) is 0 Å². The average molecular weight is 389 g/mol. The number of pyridine rings is 1. The van der Waals surface area contributed by atoms with Crippen LogP contribution in [0.3, 0.4) is 0 Å². The molecule has 0 N–H and O–H groups in total. The molecule has 0 aliphatic carbocycles. The molecule has 28 heavy (non-hydrogen) atoms. The third-order valence-corrected chi connectivity index (χ3v) is 6.88. The van der Waals surface area contributed by atoms with Crippen LogP contribution in [-0.2, 0) is 0 Å². The van der Waals surface area contributed by atoms with E-state index in [2.05, 4.69) is 82.9 Å². The molecule has 3 atom stereocenters. The lowest BCUT2D eigenvalue weighted by Gasteiger charge is -2.32. The first-order valence-electron chi connectivity index (χ1n) is 9.91. The monoisotopic (exact) mass is 388 g/mol. The third-order valence-electron chi connectivity index (χ3n) is 5.75. The zero-order chi connectivity index (χ0) is 19.1. The van der Waals surface area contributed by atoms with Crippen molar-refractivity contribution in [2.75, 3.05) is 5.75 Å². The van der Waals surface area contributed by atoms with Crippen molar-refractivity contribution < 1.29 is 0 Å². The van der Waals surface area contributed by atoms with E-state index < -0.39 is 0 Å². The summed E-state index contributed by atoms with van der Waals surface area (Å²) in [6.45, 7) is 4.46. The Labute approximate surface area is 170 Å². The van der Waals surface area contributed by atoms with Crippen LogP contribution in [0.2, 0.25) is 0 Å². The minimum atomic E-state index is 0.0230. The highest BCUT2D eigenvalue weighted by Gasteiger charge is 2.46. The SMILES string of the molecule is CC[C@H]1CSC2=N[C@H](c3ccccn3)[C@@H](c3ccc(C)n3-c3ccccc3)N21. The number of thioether (sulfide) groups is 1. The van der Waals surface area contributed by atoms with Crippen LogP contribution in [0, 0.1) is 6.92 Å². The number of aryl methyl sites for hydroxylation is 1. The highest BCUT2D eigenvalue weighted by molar-refractivity contribution is 8.14. The number of amidine groups is 1. The molecule has 5 rings (SSSR count). The zero-order valence-electron chi connectivity index (χ0n) is 16.2. The normalized spacial score (nSPS) is 23.7. The lowest BCUT2D eigenvalue weighted by Crippen LogP contribution is -2.36. The van der Waals surface area contributed by atoms with Crippen LogP contribution in [0.1, 0.15) is 42.5 Å². The molecular weight excluding hydrogens is 364 g/mol. The van der Waals surface area contributed by atoms with Gasteiger partial charge in [0.05, 0.1) is 5.69 Å². The quantitative estimate of drug-likeness (QED) is 0.619. The number of fused-ring (bicyclic) bond motifs is 1. The molecule has 0 bridgehead atoms. The first kappa shape index (κ1) is 17.6. The topological polar surface area (TPSA) is 33.4 Å². The standard InChI is InChI=1S/C23H24N4S/c1-3-17-15-28-23-25-21(19-11-7-8-14-24-19)22(27(17)23)20-13-12-16(2)26(20)18-9-5-4-6-10-18/h4-14,17,21-22H,3,15H2,1-2H3/t17-,21+,22+/m0/s1. The van der Waals surface area contributed by atoms with E-state index in [0.717, 1.165) is 17.9 Å². The number of aromatic nitrogens is 2. The Morgan fingerprint density at radius 1 is 1.04 bits per heavy atom. The van der Waals surface area contributed by atoms with Crippen LogP contribution in [-0.4, -0.2) is 31.4 Å². The summed E-state index contributed by atoms with van der Waals surface area (Å²) in [7, 11) is 0. The minimum absolute atomic E-state index is 0.0230. The van der Waals surface area contributed by atoms with Gasteiger partial charge >= 0.3 is 0 Å². The van der Waals surface area contributed by atoms with Gasteiger partial charge < -0.3 is 9.47 Å². The van der Waals surface area contributed by atoms with Crippen LogP contribution in [0.5, 0.6) is 0 Å². The van der Waals surface area contributed by atoms with E-state index >= 15 is 0 Å². The maximum absolute atomic E-state index is 5.15. The first-order chi connectivity index (χ1) is 13.8. The van der Waals surface area contributed by atoms with Crippen molar-refractivity contribution in [1.29, 1.82) is 0 Å². The molecule has 0 radical (unpaired) electrons. The van der Waals surface area contributed by atoms with Gasteiger partial charge in [0, 0.05) is 35.1 Å². The number of aliphatic imine (C=N–C) groups is 1. The molecule has 5 heteroatoms. The van der Waals surface area contributed by atoms with Gasteiger partial charge in [-0.2, -0.15) is 0 Å². The second-order valence-corrected chi connectivity index (χ2v) is 8.39. The van der Waals surface area contributed by atoms with Crippen molar-refractivity contribution in [1.82, 2.24) is 14.5 Å². The summed E-state index contributed by atoms with van der Waals surface area (Å²) in [5.41, 5.74) is 4.78. The minimum Gasteiger partial charge on any atom is -0.337 e. The zero-order valence-corrected chi connectivity index (χ0v) is 17.0. The van der Waals surface area contributed by atoms with Gasteiger partial charge in [0.2, 0.25) is 0 Å². The fourth-order valence-corrected chi connectivity index (χ4v) is 5.73. The summed E-state index contributed by atoms with van der Waals surface area (Å²) in [6, 6.07) is 22.0. The van der Waals surface area contributed by atoms with E-state index in [1.807, 2.05) is 24.0 Å². The number of benzene rings is 1. The molecule has 1 aromatic carbocycles. The number of nitrogens with zero attached hydrogens (tertiary/aromatic N) is 4. The lowest BCUT2D eigenvalue weighted by molar-refractivity contribution is 0.248. The molecule has 2 aromatic heterocycles. The highest BCUT2D eigenvalue weighted by Crippen LogP contribution is 2.49. The van der Waals surface area contributed by atoms with E-state index in [0.29, 0.717) is 6.04 Å². The van der Waals surface area contributed by atoms with Gasteiger partial charge in [0.15, 0.2) is 5.17 Å². The van der Waals surface area contributed by atoms with Crippen LogP contribution in [0.4, 0.5) is 0 Å². The van der Waals surface area contributed by atoms with E-state index in [1.165, 1.54) is 22.2 Å². The van der Waals surface area contributed by atoms with Crippen LogP contribution >= 0.6 is 11.8 Å². The molecule has 2 aliphatic rings. The summed E-state index contributed by atoms with van der Waals surface area (Å²) in [4.78, 5) is 12.4. The van der Waals surface area contributed by atoms with Crippen molar-refractivity contribution in [2.45, 2.75) is 38.4 Å². The van der Waals surface area contributed by atoms with Crippen molar-refractivity contribution in [3.05, 3.63) is 83.9 Å². The van der Waals surface area contributed by atoms with Crippen molar-refractivity contribution in [3.8, 4) is 5.69 Å². The first-order valence-corrected chi connectivity index (χ1v) is 10.9. The molecule has 0 spiro atoms. The van der Waals surface area contributed by atoms with Gasteiger partial charge in [-0.3, -0.25) is 9.98 Å². The van der Waals surface area contributed by atoms with Crippen LogP contribution in [0.25, 0.3) is 5.69 Å².